The highest BCUT2D eigenvalue weighted by Crippen LogP contribution is 2.32. The Labute approximate surface area is 149 Å². The lowest BCUT2D eigenvalue weighted by Gasteiger charge is -2.26. The molecule has 26 heavy (non-hydrogen) atoms. The molecule has 2 heterocycles. The first-order chi connectivity index (χ1) is 12.7. The Morgan fingerprint density at radius 3 is 3.04 bits per heavy atom. The number of aromatic nitrogens is 2. The molecule has 3 aromatic rings. The van der Waals surface area contributed by atoms with Crippen molar-refractivity contribution in [2.24, 2.45) is 0 Å². The minimum atomic E-state index is -0.865. The Balaban J connectivity index is 1.38. The number of hydrogen-bond donors (Lipinski definition) is 1. The third kappa shape index (κ3) is 3.49. The van der Waals surface area contributed by atoms with Crippen LogP contribution in [0.2, 0.25) is 0 Å². The van der Waals surface area contributed by atoms with E-state index in [9.17, 15) is 9.90 Å². The van der Waals surface area contributed by atoms with Crippen molar-refractivity contribution in [1.82, 2.24) is 9.78 Å². The van der Waals surface area contributed by atoms with E-state index in [1.807, 2.05) is 12.1 Å². The zero-order valence-electron chi connectivity index (χ0n) is 14.2. The number of nitrogens with zero attached hydrogens (tertiary/aromatic N) is 2. The molecule has 136 valence electrons. The Kier molecular flexibility index (Phi) is 4.73. The van der Waals surface area contributed by atoms with Gasteiger partial charge in [-0.05, 0) is 42.5 Å². The number of benzene rings is 1. The quantitative estimate of drug-likeness (QED) is 0.730. The molecule has 0 amide bonds. The zero-order valence-corrected chi connectivity index (χ0v) is 14.2. The van der Waals surface area contributed by atoms with Crippen molar-refractivity contribution in [2.45, 2.75) is 38.0 Å². The van der Waals surface area contributed by atoms with E-state index in [0.29, 0.717) is 5.76 Å². The Morgan fingerprint density at radius 2 is 2.19 bits per heavy atom. The molecule has 7 nitrogen and oxygen atoms in total. The first-order valence-corrected chi connectivity index (χ1v) is 8.70. The number of ether oxygens (including phenoxy) is 1. The van der Waals surface area contributed by atoms with Gasteiger partial charge in [0.1, 0.15) is 0 Å². The maximum absolute atomic E-state index is 11.9. The summed E-state index contributed by atoms with van der Waals surface area (Å²) in [5, 5.41) is 14.3. The van der Waals surface area contributed by atoms with Gasteiger partial charge in [-0.3, -0.25) is 0 Å². The Bertz CT molecular complexity index is 912. The minimum Gasteiger partial charge on any atom is -0.459 e. The average Bonchev–Trinajstić information content (AvgIpc) is 3.30. The van der Waals surface area contributed by atoms with E-state index in [1.54, 1.807) is 12.1 Å². The van der Waals surface area contributed by atoms with Gasteiger partial charge in [-0.2, -0.15) is 4.68 Å². The summed E-state index contributed by atoms with van der Waals surface area (Å²) in [5.41, 5.74) is 2.48. The predicted molar refractivity (Wildman–Crippen MR) is 92.5 cm³/mol. The third-order valence-electron chi connectivity index (χ3n) is 4.53. The number of rotatable bonds is 6. The van der Waals surface area contributed by atoms with Crippen LogP contribution in [0.5, 0.6) is 0 Å². The summed E-state index contributed by atoms with van der Waals surface area (Å²) in [4.78, 5) is 11.9. The molecule has 0 spiro atoms. The van der Waals surface area contributed by atoms with Crippen molar-refractivity contribution in [2.75, 3.05) is 6.61 Å². The van der Waals surface area contributed by atoms with E-state index >= 15 is 0 Å². The molecule has 1 N–H and O–H groups in total. The van der Waals surface area contributed by atoms with Crippen LogP contribution in [0.3, 0.4) is 0 Å². The Hall–Kier alpha value is -2.64. The van der Waals surface area contributed by atoms with Crippen molar-refractivity contribution >= 4 is 0 Å². The maximum atomic E-state index is 11.9. The van der Waals surface area contributed by atoms with Gasteiger partial charge in [0.15, 0.2) is 5.76 Å². The van der Waals surface area contributed by atoms with Crippen LogP contribution in [-0.4, -0.2) is 27.6 Å². The third-order valence-corrected chi connectivity index (χ3v) is 4.53. The topological polar surface area (TPSA) is 90.6 Å². The summed E-state index contributed by atoms with van der Waals surface area (Å²) in [5.74, 6) is -0.182. The summed E-state index contributed by atoms with van der Waals surface area (Å²) in [7, 11) is 0. The molecule has 2 aromatic heterocycles. The van der Waals surface area contributed by atoms with Crippen molar-refractivity contribution in [3.63, 3.8) is 0 Å². The smallest absolute Gasteiger partial charge is 0.437 e. The van der Waals surface area contributed by atoms with Crippen LogP contribution in [0.1, 0.15) is 30.1 Å². The highest BCUT2D eigenvalue weighted by Gasteiger charge is 2.22. The summed E-state index contributed by atoms with van der Waals surface area (Å²) in [6.45, 7) is 0.117. The van der Waals surface area contributed by atoms with Gasteiger partial charge < -0.3 is 18.7 Å². The van der Waals surface area contributed by atoms with Crippen LogP contribution in [0.4, 0.5) is 0 Å². The number of aliphatic hydroxyl groups is 1. The monoisotopic (exact) mass is 356 g/mol. The average molecular weight is 356 g/mol. The zero-order chi connectivity index (χ0) is 17.9. The van der Waals surface area contributed by atoms with Crippen LogP contribution in [0.15, 0.2) is 56.3 Å². The van der Waals surface area contributed by atoms with Gasteiger partial charge in [-0.1, -0.05) is 24.3 Å². The lowest BCUT2D eigenvalue weighted by molar-refractivity contribution is -0.0241. The SMILES string of the molecule is O=c1oc(-c2ccco2)nn1CC(O)COC1CCCc2ccccc21. The van der Waals surface area contributed by atoms with E-state index in [-0.39, 0.29) is 25.1 Å². The molecule has 7 heteroatoms. The summed E-state index contributed by atoms with van der Waals surface area (Å²) >= 11 is 0. The number of hydrogen-bond acceptors (Lipinski definition) is 6. The van der Waals surface area contributed by atoms with E-state index in [2.05, 4.69) is 17.2 Å². The molecule has 1 aliphatic rings. The molecule has 1 aliphatic carbocycles. The van der Waals surface area contributed by atoms with Gasteiger partial charge in [0.25, 0.3) is 5.89 Å². The number of aryl methyl sites for hydroxylation is 1. The Morgan fingerprint density at radius 1 is 1.31 bits per heavy atom. The molecule has 1 aromatic carbocycles. The largest absolute Gasteiger partial charge is 0.459 e. The summed E-state index contributed by atoms with van der Waals surface area (Å²) < 4.78 is 17.2. The van der Waals surface area contributed by atoms with E-state index < -0.39 is 11.9 Å². The molecule has 0 aliphatic heterocycles. The maximum Gasteiger partial charge on any atom is 0.437 e. The molecule has 4 rings (SSSR count). The van der Waals surface area contributed by atoms with Crippen molar-refractivity contribution < 1.29 is 18.7 Å². The molecule has 0 saturated carbocycles. The van der Waals surface area contributed by atoms with Crippen LogP contribution in [0, 0.1) is 0 Å². The fourth-order valence-electron chi connectivity index (χ4n) is 3.28. The molecule has 0 bridgehead atoms. The van der Waals surface area contributed by atoms with E-state index in [0.717, 1.165) is 23.9 Å². The first kappa shape index (κ1) is 16.8. The van der Waals surface area contributed by atoms with Crippen LogP contribution < -0.4 is 5.76 Å². The van der Waals surface area contributed by atoms with E-state index in [1.165, 1.54) is 17.4 Å². The minimum absolute atomic E-state index is 0.00257. The first-order valence-electron chi connectivity index (χ1n) is 8.70. The molecule has 0 saturated heterocycles. The van der Waals surface area contributed by atoms with Crippen LogP contribution in [0.25, 0.3) is 11.7 Å². The van der Waals surface area contributed by atoms with Crippen molar-refractivity contribution in [3.05, 3.63) is 64.3 Å². The normalized spacial score (nSPS) is 17.8. The fraction of sp³-hybridized carbons (Fsp3) is 0.368. The second-order valence-electron chi connectivity index (χ2n) is 6.40. The summed E-state index contributed by atoms with van der Waals surface area (Å²) in [6.07, 6.45) is 3.63. The number of aliphatic hydroxyl groups excluding tert-OH is 1. The molecule has 0 fully saturated rings. The van der Waals surface area contributed by atoms with Gasteiger partial charge in [0.05, 0.1) is 31.6 Å². The van der Waals surface area contributed by atoms with Gasteiger partial charge in [-0.15, -0.1) is 5.10 Å². The number of fused-ring (bicyclic) bond motifs is 1. The lowest BCUT2D eigenvalue weighted by Crippen LogP contribution is -2.29. The standard InChI is InChI=1S/C19H20N2O5/c22-14(11-21-19(23)26-18(20-21)17-9-4-10-24-17)12-25-16-8-3-6-13-5-1-2-7-15(13)16/h1-2,4-5,7,9-10,14,16,22H,3,6,8,11-12H2. The molecular formula is C19H20N2O5. The van der Waals surface area contributed by atoms with E-state index in [4.69, 9.17) is 13.6 Å². The van der Waals surface area contributed by atoms with Crippen molar-refractivity contribution in [1.29, 1.82) is 0 Å². The summed E-state index contributed by atoms with van der Waals surface area (Å²) in [6, 6.07) is 11.6. The molecule has 0 radical (unpaired) electrons. The van der Waals surface area contributed by atoms with Gasteiger partial charge >= 0.3 is 5.76 Å². The fourth-order valence-corrected chi connectivity index (χ4v) is 3.28. The van der Waals surface area contributed by atoms with Crippen LogP contribution in [-0.2, 0) is 17.7 Å². The molecular weight excluding hydrogens is 336 g/mol. The van der Waals surface area contributed by atoms with Gasteiger partial charge in [-0.25, -0.2) is 4.79 Å². The van der Waals surface area contributed by atoms with Gasteiger partial charge in [0, 0.05) is 0 Å². The second-order valence-corrected chi connectivity index (χ2v) is 6.40. The highest BCUT2D eigenvalue weighted by molar-refractivity contribution is 5.42. The molecule has 2 atom stereocenters. The van der Waals surface area contributed by atoms with Crippen LogP contribution >= 0.6 is 0 Å². The van der Waals surface area contributed by atoms with Gasteiger partial charge in [0.2, 0.25) is 0 Å². The number of furan rings is 1. The van der Waals surface area contributed by atoms with Crippen molar-refractivity contribution in [3.8, 4) is 11.7 Å². The predicted octanol–water partition coefficient (Wildman–Crippen LogP) is 2.55. The molecule has 2 unspecified atom stereocenters. The second kappa shape index (κ2) is 7.31. The lowest BCUT2D eigenvalue weighted by atomic mass is 9.89. The highest BCUT2D eigenvalue weighted by atomic mass is 16.5.